The van der Waals surface area contributed by atoms with Crippen molar-refractivity contribution in [2.45, 2.75) is 13.0 Å². The predicted molar refractivity (Wildman–Crippen MR) is 76.3 cm³/mol. The second-order valence-electron chi connectivity index (χ2n) is 4.80. The highest BCUT2D eigenvalue weighted by Gasteiger charge is 2.13. The maximum Gasteiger partial charge on any atom is 0.124 e. The van der Waals surface area contributed by atoms with Gasteiger partial charge < -0.3 is 10.6 Å². The van der Waals surface area contributed by atoms with Gasteiger partial charge in [-0.05, 0) is 48.4 Å². The van der Waals surface area contributed by atoms with Crippen molar-refractivity contribution in [3.05, 3.63) is 58.9 Å². The van der Waals surface area contributed by atoms with Crippen molar-refractivity contribution in [3.8, 4) is 6.07 Å². The molecule has 2 aromatic rings. The summed E-state index contributed by atoms with van der Waals surface area (Å²) in [5, 5.41) is 15.7. The van der Waals surface area contributed by atoms with Crippen LogP contribution in [0, 0.1) is 17.1 Å². The van der Waals surface area contributed by atoms with Crippen molar-refractivity contribution in [3.63, 3.8) is 0 Å². The number of benzene rings is 2. The molecular weight excluding hydrogens is 253 g/mol. The molecule has 0 saturated heterocycles. The lowest BCUT2D eigenvalue weighted by atomic mass is 9.98. The fourth-order valence-corrected chi connectivity index (χ4v) is 2.51. The molecule has 0 bridgehead atoms. The van der Waals surface area contributed by atoms with Gasteiger partial charge in [0.25, 0.3) is 0 Å². The summed E-state index contributed by atoms with van der Waals surface area (Å²) in [6.45, 7) is 1.81. The van der Waals surface area contributed by atoms with Crippen LogP contribution < -0.4 is 10.6 Å². The molecule has 0 aromatic heterocycles. The summed E-state index contributed by atoms with van der Waals surface area (Å²) in [5.41, 5.74) is 4.48. The Kier molecular flexibility index (Phi) is 3.36. The molecule has 3 nitrogen and oxygen atoms in total. The number of halogens is 1. The third-order valence-electron chi connectivity index (χ3n) is 3.51. The Balaban J connectivity index is 1.98. The number of nitrogens with one attached hydrogen (secondary N) is 2. The highest BCUT2D eigenvalue weighted by Crippen LogP contribution is 2.28. The van der Waals surface area contributed by atoms with E-state index < -0.39 is 5.82 Å². The van der Waals surface area contributed by atoms with Crippen LogP contribution in [0.25, 0.3) is 0 Å². The molecule has 2 N–H and O–H groups in total. The lowest BCUT2D eigenvalue weighted by Gasteiger charge is -2.21. The molecular formula is C16H14FN3. The number of anilines is 2. The van der Waals surface area contributed by atoms with Crippen LogP contribution in [0.15, 0.2) is 36.4 Å². The first-order chi connectivity index (χ1) is 9.78. The SMILES string of the molecule is N#Cc1cc(F)ccc1Nc1cccc2c1CCNC2. The molecule has 0 aliphatic carbocycles. The van der Waals surface area contributed by atoms with Gasteiger partial charge in [0.05, 0.1) is 11.3 Å². The summed E-state index contributed by atoms with van der Waals surface area (Å²) in [6.07, 6.45) is 0.946. The molecule has 0 atom stereocenters. The van der Waals surface area contributed by atoms with Crippen LogP contribution in [0.4, 0.5) is 15.8 Å². The van der Waals surface area contributed by atoms with E-state index in [1.807, 2.05) is 18.2 Å². The van der Waals surface area contributed by atoms with E-state index >= 15 is 0 Å². The molecule has 0 fully saturated rings. The number of nitriles is 1. The van der Waals surface area contributed by atoms with Crippen molar-refractivity contribution in [1.29, 1.82) is 5.26 Å². The van der Waals surface area contributed by atoms with Gasteiger partial charge in [0, 0.05) is 12.2 Å². The van der Waals surface area contributed by atoms with Crippen molar-refractivity contribution >= 4 is 11.4 Å². The normalized spacial score (nSPS) is 13.4. The van der Waals surface area contributed by atoms with Gasteiger partial charge >= 0.3 is 0 Å². The topological polar surface area (TPSA) is 47.9 Å². The second-order valence-corrected chi connectivity index (χ2v) is 4.80. The first-order valence-electron chi connectivity index (χ1n) is 6.56. The average molecular weight is 267 g/mol. The molecule has 1 aliphatic heterocycles. The van der Waals surface area contributed by atoms with E-state index in [9.17, 15) is 4.39 Å². The highest BCUT2D eigenvalue weighted by atomic mass is 19.1. The Morgan fingerprint density at radius 2 is 2.10 bits per heavy atom. The van der Waals surface area contributed by atoms with E-state index in [-0.39, 0.29) is 0 Å². The van der Waals surface area contributed by atoms with Crippen LogP contribution in [-0.2, 0) is 13.0 Å². The molecule has 4 heteroatoms. The summed E-state index contributed by atoms with van der Waals surface area (Å²) in [7, 11) is 0. The van der Waals surface area contributed by atoms with Crippen LogP contribution in [0.5, 0.6) is 0 Å². The fraction of sp³-hybridized carbons (Fsp3) is 0.188. The number of hydrogen-bond acceptors (Lipinski definition) is 3. The van der Waals surface area contributed by atoms with Crippen LogP contribution in [-0.4, -0.2) is 6.54 Å². The number of fused-ring (bicyclic) bond motifs is 1. The Labute approximate surface area is 117 Å². The molecule has 0 radical (unpaired) electrons. The molecule has 100 valence electrons. The van der Waals surface area contributed by atoms with Crippen LogP contribution >= 0.6 is 0 Å². The Hall–Kier alpha value is -2.38. The minimum Gasteiger partial charge on any atom is -0.354 e. The molecule has 2 aromatic carbocycles. The minimum absolute atomic E-state index is 0.316. The Morgan fingerprint density at radius 1 is 1.20 bits per heavy atom. The van der Waals surface area contributed by atoms with Gasteiger partial charge in [-0.15, -0.1) is 0 Å². The third kappa shape index (κ3) is 2.36. The molecule has 3 rings (SSSR count). The predicted octanol–water partition coefficient (Wildman–Crippen LogP) is 3.09. The molecule has 1 heterocycles. The van der Waals surface area contributed by atoms with Gasteiger partial charge in [0.2, 0.25) is 0 Å². The first-order valence-corrected chi connectivity index (χ1v) is 6.56. The average Bonchev–Trinajstić information content (AvgIpc) is 2.49. The van der Waals surface area contributed by atoms with E-state index in [0.29, 0.717) is 11.3 Å². The van der Waals surface area contributed by atoms with E-state index in [1.165, 1.54) is 23.3 Å². The summed E-state index contributed by atoms with van der Waals surface area (Å²) < 4.78 is 13.2. The fourth-order valence-electron chi connectivity index (χ4n) is 2.51. The van der Waals surface area contributed by atoms with E-state index in [2.05, 4.69) is 16.7 Å². The zero-order valence-corrected chi connectivity index (χ0v) is 10.9. The third-order valence-corrected chi connectivity index (χ3v) is 3.51. The summed E-state index contributed by atoms with van der Waals surface area (Å²) in [6, 6.07) is 12.3. The number of hydrogen-bond donors (Lipinski definition) is 2. The summed E-state index contributed by atoms with van der Waals surface area (Å²) in [5.74, 6) is -0.397. The van der Waals surface area contributed by atoms with Gasteiger partial charge in [-0.2, -0.15) is 5.26 Å². The van der Waals surface area contributed by atoms with Crippen LogP contribution in [0.2, 0.25) is 0 Å². The first kappa shape index (κ1) is 12.6. The molecule has 0 unspecified atom stereocenters. The van der Waals surface area contributed by atoms with Crippen molar-refractivity contribution in [2.24, 2.45) is 0 Å². The highest BCUT2D eigenvalue weighted by molar-refractivity contribution is 5.69. The lowest BCUT2D eigenvalue weighted by molar-refractivity contribution is 0.627. The largest absolute Gasteiger partial charge is 0.354 e. The number of rotatable bonds is 2. The lowest BCUT2D eigenvalue weighted by Crippen LogP contribution is -2.24. The zero-order valence-electron chi connectivity index (χ0n) is 10.9. The molecule has 0 spiro atoms. The smallest absolute Gasteiger partial charge is 0.124 e. The second kappa shape index (κ2) is 5.32. The quantitative estimate of drug-likeness (QED) is 0.879. The van der Waals surface area contributed by atoms with E-state index in [4.69, 9.17) is 5.26 Å². The molecule has 0 saturated carbocycles. The minimum atomic E-state index is -0.397. The van der Waals surface area contributed by atoms with E-state index in [0.717, 1.165) is 25.2 Å². The maximum atomic E-state index is 13.2. The van der Waals surface area contributed by atoms with Gasteiger partial charge in [0.15, 0.2) is 0 Å². The van der Waals surface area contributed by atoms with Crippen LogP contribution in [0.1, 0.15) is 16.7 Å². The summed E-state index contributed by atoms with van der Waals surface area (Å²) in [4.78, 5) is 0. The van der Waals surface area contributed by atoms with Crippen molar-refractivity contribution in [1.82, 2.24) is 5.32 Å². The summed E-state index contributed by atoms with van der Waals surface area (Å²) >= 11 is 0. The standard InChI is InChI=1S/C16H14FN3/c17-13-4-5-15(12(8-13)9-18)20-16-3-1-2-11-10-19-7-6-14(11)16/h1-5,8,19-20H,6-7,10H2. The van der Waals surface area contributed by atoms with Gasteiger partial charge in [-0.25, -0.2) is 4.39 Å². The molecule has 20 heavy (non-hydrogen) atoms. The molecule has 1 aliphatic rings. The Bertz CT molecular complexity index is 689. The van der Waals surface area contributed by atoms with Gasteiger partial charge in [-0.3, -0.25) is 0 Å². The van der Waals surface area contributed by atoms with Crippen molar-refractivity contribution < 1.29 is 4.39 Å². The van der Waals surface area contributed by atoms with Gasteiger partial charge in [0.1, 0.15) is 11.9 Å². The monoisotopic (exact) mass is 267 g/mol. The zero-order chi connectivity index (χ0) is 13.9. The van der Waals surface area contributed by atoms with Crippen molar-refractivity contribution in [2.75, 3.05) is 11.9 Å². The van der Waals surface area contributed by atoms with E-state index in [1.54, 1.807) is 6.07 Å². The Morgan fingerprint density at radius 3 is 2.95 bits per heavy atom. The molecule has 0 amide bonds. The number of nitrogens with zero attached hydrogens (tertiary/aromatic N) is 1. The van der Waals surface area contributed by atoms with Crippen LogP contribution in [0.3, 0.4) is 0 Å². The maximum absolute atomic E-state index is 13.2. The van der Waals surface area contributed by atoms with Gasteiger partial charge in [-0.1, -0.05) is 12.1 Å².